The first-order valence-corrected chi connectivity index (χ1v) is 6.17. The first kappa shape index (κ1) is 13.8. The van der Waals surface area contributed by atoms with Crippen molar-refractivity contribution in [2.75, 3.05) is 0 Å². The van der Waals surface area contributed by atoms with Crippen LogP contribution in [0.3, 0.4) is 0 Å². The summed E-state index contributed by atoms with van der Waals surface area (Å²) >= 11 is 0. The lowest BCUT2D eigenvalue weighted by Gasteiger charge is -2.12. The van der Waals surface area contributed by atoms with Crippen LogP contribution in [-0.2, 0) is 11.3 Å². The molecular formula is C14H15N3O3. The molecular weight excluding hydrogens is 258 g/mol. The van der Waals surface area contributed by atoms with Crippen molar-refractivity contribution < 1.29 is 14.7 Å². The van der Waals surface area contributed by atoms with E-state index < -0.39 is 12.0 Å². The van der Waals surface area contributed by atoms with Crippen molar-refractivity contribution in [1.29, 1.82) is 0 Å². The molecule has 20 heavy (non-hydrogen) atoms. The number of nitrogens with zero attached hydrogens (tertiary/aromatic N) is 2. The van der Waals surface area contributed by atoms with E-state index in [-0.39, 0.29) is 18.0 Å². The van der Waals surface area contributed by atoms with E-state index in [2.05, 4.69) is 10.4 Å². The number of aromatic carboxylic acids is 1. The smallest absolute Gasteiger partial charge is 0.335 e. The molecule has 0 unspecified atom stereocenters. The number of amides is 1. The van der Waals surface area contributed by atoms with Gasteiger partial charge in [-0.15, -0.1) is 0 Å². The molecule has 0 radical (unpaired) electrons. The molecule has 0 aliphatic heterocycles. The number of hydrogen-bond acceptors (Lipinski definition) is 3. The van der Waals surface area contributed by atoms with Crippen molar-refractivity contribution in [2.45, 2.75) is 19.5 Å². The van der Waals surface area contributed by atoms with Gasteiger partial charge in [0.2, 0.25) is 5.91 Å². The highest BCUT2D eigenvalue weighted by Crippen LogP contribution is 2.07. The summed E-state index contributed by atoms with van der Waals surface area (Å²) in [7, 11) is 0. The molecule has 0 fully saturated rings. The van der Waals surface area contributed by atoms with E-state index in [0.717, 1.165) is 5.56 Å². The number of carbonyl (C=O) groups is 2. The van der Waals surface area contributed by atoms with Crippen molar-refractivity contribution in [1.82, 2.24) is 15.1 Å². The molecule has 0 aliphatic rings. The van der Waals surface area contributed by atoms with E-state index in [4.69, 9.17) is 5.11 Å². The molecule has 0 saturated heterocycles. The standard InChI is InChI=1S/C14H15N3O3/c1-10(17-7-3-6-16-17)13(18)15-9-11-4-2-5-12(8-11)14(19)20/h2-8,10H,9H2,1H3,(H,15,18)(H,19,20)/t10-/m1/s1. The minimum Gasteiger partial charge on any atom is -0.478 e. The average molecular weight is 273 g/mol. The number of rotatable bonds is 5. The summed E-state index contributed by atoms with van der Waals surface area (Å²) in [5.74, 6) is -1.16. The molecule has 2 N–H and O–H groups in total. The van der Waals surface area contributed by atoms with Gasteiger partial charge in [0.1, 0.15) is 6.04 Å². The lowest BCUT2D eigenvalue weighted by Crippen LogP contribution is -2.30. The Morgan fingerprint density at radius 3 is 2.85 bits per heavy atom. The highest BCUT2D eigenvalue weighted by molar-refractivity contribution is 5.87. The zero-order valence-corrected chi connectivity index (χ0v) is 11.0. The predicted molar refractivity (Wildman–Crippen MR) is 72.2 cm³/mol. The summed E-state index contributed by atoms with van der Waals surface area (Å²) in [6.45, 7) is 2.03. The van der Waals surface area contributed by atoms with Crippen LogP contribution in [0.2, 0.25) is 0 Å². The molecule has 1 aromatic heterocycles. The third kappa shape index (κ3) is 3.23. The molecule has 1 heterocycles. The molecule has 0 aliphatic carbocycles. The number of carboxylic acid groups (broad SMARTS) is 1. The Kier molecular flexibility index (Phi) is 4.14. The normalized spacial score (nSPS) is 11.8. The van der Waals surface area contributed by atoms with Crippen LogP contribution in [0, 0.1) is 0 Å². The van der Waals surface area contributed by atoms with Crippen LogP contribution >= 0.6 is 0 Å². The molecule has 6 nitrogen and oxygen atoms in total. The van der Waals surface area contributed by atoms with Gasteiger partial charge in [0.25, 0.3) is 0 Å². The van der Waals surface area contributed by atoms with Gasteiger partial charge in [-0.2, -0.15) is 5.10 Å². The maximum absolute atomic E-state index is 11.9. The molecule has 1 amide bonds. The summed E-state index contributed by atoms with van der Waals surface area (Å²) in [5.41, 5.74) is 0.947. The maximum atomic E-state index is 11.9. The molecule has 0 saturated carbocycles. The second-order valence-electron chi connectivity index (χ2n) is 4.39. The summed E-state index contributed by atoms with van der Waals surface area (Å²) in [5, 5.41) is 15.7. The summed E-state index contributed by atoms with van der Waals surface area (Å²) in [6, 6.07) is 7.82. The first-order valence-electron chi connectivity index (χ1n) is 6.17. The zero-order chi connectivity index (χ0) is 14.5. The van der Waals surface area contributed by atoms with Crippen molar-refractivity contribution in [3.8, 4) is 0 Å². The van der Waals surface area contributed by atoms with E-state index in [1.165, 1.54) is 6.07 Å². The summed E-state index contributed by atoms with van der Waals surface area (Å²) in [6.07, 6.45) is 3.33. The lowest BCUT2D eigenvalue weighted by molar-refractivity contribution is -0.124. The van der Waals surface area contributed by atoms with E-state index in [0.29, 0.717) is 0 Å². The SMILES string of the molecule is C[C@H](C(=O)NCc1cccc(C(=O)O)c1)n1cccn1. The largest absolute Gasteiger partial charge is 0.478 e. The minimum atomic E-state index is -0.983. The Bertz CT molecular complexity index is 608. The molecule has 1 atom stereocenters. The van der Waals surface area contributed by atoms with Gasteiger partial charge in [-0.05, 0) is 30.7 Å². The van der Waals surface area contributed by atoms with Gasteiger partial charge in [-0.1, -0.05) is 12.1 Å². The predicted octanol–water partition coefficient (Wildman–Crippen LogP) is 1.46. The Morgan fingerprint density at radius 2 is 2.20 bits per heavy atom. The fourth-order valence-electron chi connectivity index (χ4n) is 1.78. The van der Waals surface area contributed by atoms with Gasteiger partial charge in [0.05, 0.1) is 5.56 Å². The second kappa shape index (κ2) is 6.01. The van der Waals surface area contributed by atoms with Gasteiger partial charge in [-0.25, -0.2) is 4.79 Å². The third-order valence-electron chi connectivity index (χ3n) is 2.94. The highest BCUT2D eigenvalue weighted by Gasteiger charge is 2.14. The van der Waals surface area contributed by atoms with Crippen LogP contribution in [0.1, 0.15) is 28.9 Å². The lowest BCUT2D eigenvalue weighted by atomic mass is 10.1. The third-order valence-corrected chi connectivity index (χ3v) is 2.94. The number of carbonyl (C=O) groups excluding carboxylic acids is 1. The molecule has 6 heteroatoms. The van der Waals surface area contributed by atoms with E-state index in [1.807, 2.05) is 0 Å². The fourth-order valence-corrected chi connectivity index (χ4v) is 1.78. The van der Waals surface area contributed by atoms with Crippen molar-refractivity contribution in [2.24, 2.45) is 0 Å². The molecule has 2 rings (SSSR count). The highest BCUT2D eigenvalue weighted by atomic mass is 16.4. The number of carboxylic acids is 1. The average Bonchev–Trinajstić information content (AvgIpc) is 2.98. The van der Waals surface area contributed by atoms with Gasteiger partial charge in [0, 0.05) is 18.9 Å². The molecule has 2 aromatic rings. The van der Waals surface area contributed by atoms with E-state index in [1.54, 1.807) is 48.3 Å². The minimum absolute atomic E-state index is 0.172. The molecule has 104 valence electrons. The number of aromatic nitrogens is 2. The number of nitrogens with one attached hydrogen (secondary N) is 1. The first-order chi connectivity index (χ1) is 9.58. The van der Waals surface area contributed by atoms with E-state index >= 15 is 0 Å². The van der Waals surface area contributed by atoms with Crippen LogP contribution in [0.25, 0.3) is 0 Å². The Labute approximate surface area is 116 Å². The van der Waals surface area contributed by atoms with Gasteiger partial charge in [0.15, 0.2) is 0 Å². The summed E-state index contributed by atoms with van der Waals surface area (Å²) < 4.78 is 1.56. The van der Waals surface area contributed by atoms with Gasteiger partial charge >= 0.3 is 5.97 Å². The topological polar surface area (TPSA) is 84.2 Å². The van der Waals surface area contributed by atoms with Crippen LogP contribution in [0.5, 0.6) is 0 Å². The molecule has 0 bridgehead atoms. The second-order valence-corrected chi connectivity index (χ2v) is 4.39. The quantitative estimate of drug-likeness (QED) is 0.863. The molecule has 1 aromatic carbocycles. The van der Waals surface area contributed by atoms with Crippen LogP contribution < -0.4 is 5.32 Å². The van der Waals surface area contributed by atoms with Crippen molar-refractivity contribution in [3.63, 3.8) is 0 Å². The molecule has 0 spiro atoms. The van der Waals surface area contributed by atoms with Crippen LogP contribution in [0.4, 0.5) is 0 Å². The van der Waals surface area contributed by atoms with Gasteiger partial charge < -0.3 is 10.4 Å². The zero-order valence-electron chi connectivity index (χ0n) is 11.0. The number of benzene rings is 1. The monoisotopic (exact) mass is 273 g/mol. The van der Waals surface area contributed by atoms with Crippen LogP contribution in [-0.4, -0.2) is 26.8 Å². The number of hydrogen-bond donors (Lipinski definition) is 2. The Morgan fingerprint density at radius 1 is 1.40 bits per heavy atom. The van der Waals surface area contributed by atoms with Gasteiger partial charge in [-0.3, -0.25) is 9.48 Å². The van der Waals surface area contributed by atoms with E-state index in [9.17, 15) is 9.59 Å². The summed E-state index contributed by atoms with van der Waals surface area (Å²) in [4.78, 5) is 22.8. The van der Waals surface area contributed by atoms with Crippen molar-refractivity contribution in [3.05, 3.63) is 53.9 Å². The van der Waals surface area contributed by atoms with Crippen LogP contribution in [0.15, 0.2) is 42.7 Å². The fraction of sp³-hybridized carbons (Fsp3) is 0.214. The van der Waals surface area contributed by atoms with Crippen molar-refractivity contribution >= 4 is 11.9 Å². The Hall–Kier alpha value is -2.63. The Balaban J connectivity index is 1.96. The maximum Gasteiger partial charge on any atom is 0.335 e.